The first-order valence-corrected chi connectivity index (χ1v) is 18.0. The standard InChI is InChI=1S/C46H28N4OS/c1-4-12-29(13-5-1)30-20-22-31(23-21-30)32-24-26-34(27-25-32)44-48-43(33-14-6-2-7-15-33)49-45(50-44)41-40-36-18-10-11-19-38(36)52-39(40)28-37-42(41)47-46(51-37)35-16-8-3-9-17-35/h1-28H. The summed E-state index contributed by atoms with van der Waals surface area (Å²) in [6.07, 6.45) is 0. The maximum atomic E-state index is 6.46. The highest BCUT2D eigenvalue weighted by Gasteiger charge is 2.23. The molecule has 52 heavy (non-hydrogen) atoms. The van der Waals surface area contributed by atoms with Crippen molar-refractivity contribution in [1.82, 2.24) is 19.9 Å². The van der Waals surface area contributed by atoms with Crippen LogP contribution in [0.4, 0.5) is 0 Å². The number of fused-ring (bicyclic) bond motifs is 4. The quantitative estimate of drug-likeness (QED) is 0.174. The first-order chi connectivity index (χ1) is 25.7. The Morgan fingerprint density at radius 2 is 0.846 bits per heavy atom. The highest BCUT2D eigenvalue weighted by Crippen LogP contribution is 2.44. The fourth-order valence-electron chi connectivity index (χ4n) is 6.82. The van der Waals surface area contributed by atoms with Crippen LogP contribution in [0.15, 0.2) is 174 Å². The van der Waals surface area contributed by atoms with Gasteiger partial charge in [-0.25, -0.2) is 19.9 Å². The lowest BCUT2D eigenvalue weighted by atomic mass is 9.99. The van der Waals surface area contributed by atoms with E-state index in [1.165, 1.54) is 15.8 Å². The molecule has 0 saturated carbocycles. The molecular formula is C46H28N4OS. The summed E-state index contributed by atoms with van der Waals surface area (Å²) < 4.78 is 8.73. The van der Waals surface area contributed by atoms with Crippen molar-refractivity contribution in [3.8, 4) is 67.9 Å². The van der Waals surface area contributed by atoms with Gasteiger partial charge in [0, 0.05) is 42.9 Å². The Morgan fingerprint density at radius 3 is 1.46 bits per heavy atom. The van der Waals surface area contributed by atoms with E-state index in [9.17, 15) is 0 Å². The van der Waals surface area contributed by atoms with Gasteiger partial charge in [0.2, 0.25) is 5.89 Å². The molecule has 10 aromatic rings. The molecule has 0 amide bonds. The van der Waals surface area contributed by atoms with Gasteiger partial charge in [0.1, 0.15) is 5.52 Å². The molecule has 244 valence electrons. The van der Waals surface area contributed by atoms with Crippen LogP contribution in [0.2, 0.25) is 0 Å². The first-order valence-electron chi connectivity index (χ1n) is 17.1. The minimum atomic E-state index is 0.552. The van der Waals surface area contributed by atoms with Crippen LogP contribution in [-0.2, 0) is 0 Å². The predicted molar refractivity (Wildman–Crippen MR) is 213 cm³/mol. The molecule has 7 aromatic carbocycles. The van der Waals surface area contributed by atoms with Crippen molar-refractivity contribution < 1.29 is 4.42 Å². The molecule has 0 aliphatic heterocycles. The topological polar surface area (TPSA) is 64.7 Å². The van der Waals surface area contributed by atoms with Crippen molar-refractivity contribution in [2.24, 2.45) is 0 Å². The van der Waals surface area contributed by atoms with Gasteiger partial charge in [0.15, 0.2) is 23.1 Å². The molecular weight excluding hydrogens is 657 g/mol. The summed E-state index contributed by atoms with van der Waals surface area (Å²) in [6.45, 7) is 0. The molecule has 5 nitrogen and oxygen atoms in total. The van der Waals surface area contributed by atoms with Crippen LogP contribution in [0.1, 0.15) is 0 Å². The zero-order chi connectivity index (χ0) is 34.4. The van der Waals surface area contributed by atoms with Crippen LogP contribution in [-0.4, -0.2) is 19.9 Å². The number of nitrogens with zero attached hydrogens (tertiary/aromatic N) is 4. The highest BCUT2D eigenvalue weighted by molar-refractivity contribution is 7.26. The average molecular weight is 685 g/mol. The highest BCUT2D eigenvalue weighted by atomic mass is 32.1. The minimum Gasteiger partial charge on any atom is -0.436 e. The fourth-order valence-corrected chi connectivity index (χ4v) is 7.97. The van der Waals surface area contributed by atoms with E-state index in [4.69, 9.17) is 24.4 Å². The molecule has 0 bridgehead atoms. The molecule has 0 unspecified atom stereocenters. The van der Waals surface area contributed by atoms with Crippen molar-refractivity contribution in [1.29, 1.82) is 0 Å². The molecule has 0 fully saturated rings. The van der Waals surface area contributed by atoms with Crippen molar-refractivity contribution >= 4 is 42.6 Å². The van der Waals surface area contributed by atoms with Gasteiger partial charge in [0.25, 0.3) is 0 Å². The molecule has 10 rings (SSSR count). The summed E-state index contributed by atoms with van der Waals surface area (Å²) in [4.78, 5) is 20.5. The Bertz CT molecular complexity index is 2870. The Hall–Kier alpha value is -6.76. The van der Waals surface area contributed by atoms with E-state index in [-0.39, 0.29) is 0 Å². The number of hydrogen-bond donors (Lipinski definition) is 0. The number of aromatic nitrogens is 4. The van der Waals surface area contributed by atoms with Gasteiger partial charge in [0.05, 0.1) is 5.56 Å². The van der Waals surface area contributed by atoms with E-state index >= 15 is 0 Å². The maximum absolute atomic E-state index is 6.46. The summed E-state index contributed by atoms with van der Waals surface area (Å²) in [5.74, 6) is 2.30. The Balaban J connectivity index is 1.15. The first kappa shape index (κ1) is 30.1. The van der Waals surface area contributed by atoms with Crippen molar-refractivity contribution in [2.45, 2.75) is 0 Å². The van der Waals surface area contributed by atoms with Crippen LogP contribution in [0.3, 0.4) is 0 Å². The fraction of sp³-hybridized carbons (Fsp3) is 0. The third-order valence-electron chi connectivity index (χ3n) is 9.41. The largest absolute Gasteiger partial charge is 0.436 e. The molecule has 3 aromatic heterocycles. The minimum absolute atomic E-state index is 0.552. The molecule has 0 radical (unpaired) electrons. The zero-order valence-electron chi connectivity index (χ0n) is 27.8. The van der Waals surface area contributed by atoms with Gasteiger partial charge in [-0.2, -0.15) is 0 Å². The van der Waals surface area contributed by atoms with Crippen LogP contribution in [0.25, 0.3) is 99.1 Å². The zero-order valence-corrected chi connectivity index (χ0v) is 28.6. The van der Waals surface area contributed by atoms with E-state index in [2.05, 4.69) is 103 Å². The van der Waals surface area contributed by atoms with Gasteiger partial charge in [-0.05, 0) is 40.5 Å². The van der Waals surface area contributed by atoms with E-state index in [0.29, 0.717) is 28.9 Å². The lowest BCUT2D eigenvalue weighted by Gasteiger charge is -2.11. The van der Waals surface area contributed by atoms with Gasteiger partial charge in [-0.15, -0.1) is 11.3 Å². The lowest BCUT2D eigenvalue weighted by Crippen LogP contribution is -2.01. The smallest absolute Gasteiger partial charge is 0.227 e. The van der Waals surface area contributed by atoms with Crippen molar-refractivity contribution in [2.75, 3.05) is 0 Å². The van der Waals surface area contributed by atoms with Crippen molar-refractivity contribution in [3.05, 3.63) is 170 Å². The second kappa shape index (κ2) is 12.5. The van der Waals surface area contributed by atoms with E-state index in [1.807, 2.05) is 66.7 Å². The van der Waals surface area contributed by atoms with Crippen molar-refractivity contribution in [3.63, 3.8) is 0 Å². The van der Waals surface area contributed by atoms with Gasteiger partial charge in [-0.3, -0.25) is 0 Å². The normalized spacial score (nSPS) is 11.5. The Morgan fingerprint density at radius 1 is 0.385 bits per heavy atom. The van der Waals surface area contributed by atoms with Crippen LogP contribution in [0, 0.1) is 0 Å². The van der Waals surface area contributed by atoms with Gasteiger partial charge >= 0.3 is 0 Å². The second-order valence-electron chi connectivity index (χ2n) is 12.6. The molecule has 3 heterocycles. The second-order valence-corrected chi connectivity index (χ2v) is 13.7. The molecule has 6 heteroatoms. The van der Waals surface area contributed by atoms with E-state index in [0.717, 1.165) is 54.4 Å². The van der Waals surface area contributed by atoms with E-state index in [1.54, 1.807) is 11.3 Å². The third-order valence-corrected chi connectivity index (χ3v) is 10.5. The summed E-state index contributed by atoms with van der Waals surface area (Å²) in [6, 6.07) is 58.2. The monoisotopic (exact) mass is 684 g/mol. The number of thiophene rings is 1. The summed E-state index contributed by atoms with van der Waals surface area (Å²) in [5, 5.41) is 2.20. The molecule has 0 aliphatic carbocycles. The molecule has 0 spiro atoms. The van der Waals surface area contributed by atoms with Crippen LogP contribution in [0.5, 0.6) is 0 Å². The average Bonchev–Trinajstić information content (AvgIpc) is 3.82. The predicted octanol–water partition coefficient (Wildman–Crippen LogP) is 12.4. The SMILES string of the molecule is c1ccc(-c2ccc(-c3ccc(-c4nc(-c5ccccc5)nc(-c5c6nc(-c7ccccc7)oc6cc6sc7ccccc7c56)n4)cc3)cc2)cc1. The number of benzene rings is 7. The molecule has 0 saturated heterocycles. The summed E-state index contributed by atoms with van der Waals surface area (Å²) in [7, 11) is 0. The van der Waals surface area contributed by atoms with E-state index < -0.39 is 0 Å². The van der Waals surface area contributed by atoms with Gasteiger partial charge < -0.3 is 4.42 Å². The van der Waals surface area contributed by atoms with Crippen LogP contribution >= 0.6 is 11.3 Å². The molecule has 0 aliphatic rings. The third kappa shape index (κ3) is 5.34. The lowest BCUT2D eigenvalue weighted by molar-refractivity contribution is 0.620. The molecule has 0 atom stereocenters. The number of hydrogen-bond acceptors (Lipinski definition) is 6. The number of oxazole rings is 1. The molecule has 0 N–H and O–H groups in total. The Labute approximate surface area is 303 Å². The van der Waals surface area contributed by atoms with Crippen LogP contribution < -0.4 is 0 Å². The Kier molecular flexibility index (Phi) is 7.25. The summed E-state index contributed by atoms with van der Waals surface area (Å²) in [5.41, 5.74) is 9.63. The maximum Gasteiger partial charge on any atom is 0.227 e. The number of rotatable bonds is 6. The summed E-state index contributed by atoms with van der Waals surface area (Å²) >= 11 is 1.73. The van der Waals surface area contributed by atoms with Gasteiger partial charge in [-0.1, -0.05) is 146 Å².